The van der Waals surface area contributed by atoms with Crippen LogP contribution in [0.25, 0.3) is 11.1 Å². The average molecular weight is 571 g/mol. The van der Waals surface area contributed by atoms with E-state index in [1.807, 2.05) is 17.8 Å². The van der Waals surface area contributed by atoms with Crippen molar-refractivity contribution in [2.75, 3.05) is 23.7 Å². The van der Waals surface area contributed by atoms with Gasteiger partial charge in [0.2, 0.25) is 11.9 Å². The molecule has 4 heterocycles. The SMILES string of the molecule is Cc1nn(C2CCNC2)cc1Nc1ncc(-c2ccc(CC(=O)Nc3cc(C4(C(F)(F)F)CC4)on3)c(F)c2)cn1. The van der Waals surface area contributed by atoms with Crippen molar-refractivity contribution in [2.45, 2.75) is 50.2 Å². The fraction of sp³-hybridized carbons (Fsp3) is 0.370. The fourth-order valence-corrected chi connectivity index (χ4v) is 4.90. The van der Waals surface area contributed by atoms with Crippen molar-refractivity contribution in [3.05, 3.63) is 65.7 Å². The van der Waals surface area contributed by atoms with Crippen molar-refractivity contribution in [3.8, 4) is 11.1 Å². The number of carbonyl (C=O) groups is 1. The van der Waals surface area contributed by atoms with Crippen molar-refractivity contribution >= 4 is 23.4 Å². The number of rotatable bonds is 8. The molecule has 214 valence electrons. The van der Waals surface area contributed by atoms with Crippen LogP contribution in [0, 0.1) is 12.7 Å². The van der Waals surface area contributed by atoms with E-state index in [2.05, 4.69) is 36.2 Å². The third kappa shape index (κ3) is 5.38. The molecule has 2 aliphatic rings. The van der Waals surface area contributed by atoms with E-state index < -0.39 is 23.3 Å². The summed E-state index contributed by atoms with van der Waals surface area (Å²) in [5.41, 5.74) is 0.768. The Morgan fingerprint density at radius 3 is 2.63 bits per heavy atom. The largest absolute Gasteiger partial charge is 0.401 e. The number of alkyl halides is 3. The van der Waals surface area contributed by atoms with Crippen LogP contribution in [-0.2, 0) is 16.6 Å². The Balaban J connectivity index is 1.07. The molecule has 0 bridgehead atoms. The van der Waals surface area contributed by atoms with Gasteiger partial charge in [-0.3, -0.25) is 9.48 Å². The van der Waals surface area contributed by atoms with Crippen molar-refractivity contribution in [1.29, 1.82) is 0 Å². The van der Waals surface area contributed by atoms with Crippen molar-refractivity contribution in [3.63, 3.8) is 0 Å². The topological polar surface area (TPSA) is 123 Å². The molecule has 1 amide bonds. The molecule has 14 heteroatoms. The van der Waals surface area contributed by atoms with E-state index >= 15 is 0 Å². The first-order valence-corrected chi connectivity index (χ1v) is 13.1. The van der Waals surface area contributed by atoms with Crippen LogP contribution in [0.4, 0.5) is 35.0 Å². The molecule has 4 aromatic rings. The quantitative estimate of drug-likeness (QED) is 0.258. The molecule has 6 rings (SSSR count). The number of hydrogen-bond acceptors (Lipinski definition) is 8. The monoisotopic (exact) mass is 570 g/mol. The van der Waals surface area contributed by atoms with Gasteiger partial charge in [0.25, 0.3) is 0 Å². The van der Waals surface area contributed by atoms with Gasteiger partial charge in [-0.25, -0.2) is 14.4 Å². The standard InChI is InChI=1S/C27H26F4N8O2/c1-15-21(14-39(37-15)19-4-7-32-13-19)35-25-33-11-18(12-34-25)16-2-3-17(20(28)8-16)9-24(40)36-23-10-22(41-38-23)26(5-6-26)27(29,30)31/h2-3,8,10-12,14,19,32H,4-7,9,13H2,1H3,(H,33,34,35)(H,36,38,40). The number of nitrogens with one attached hydrogen (secondary N) is 3. The summed E-state index contributed by atoms with van der Waals surface area (Å²) in [7, 11) is 0. The molecular weight excluding hydrogens is 544 g/mol. The first-order valence-electron chi connectivity index (χ1n) is 13.1. The van der Waals surface area contributed by atoms with Crippen LogP contribution in [0.1, 0.15) is 42.3 Å². The molecule has 1 aliphatic heterocycles. The molecule has 1 unspecified atom stereocenters. The molecule has 1 saturated carbocycles. The molecule has 1 atom stereocenters. The van der Waals surface area contributed by atoms with Gasteiger partial charge in [-0.2, -0.15) is 18.3 Å². The van der Waals surface area contributed by atoms with E-state index in [0.717, 1.165) is 37.0 Å². The van der Waals surface area contributed by atoms with Gasteiger partial charge in [-0.1, -0.05) is 17.3 Å². The van der Waals surface area contributed by atoms with Gasteiger partial charge in [0.05, 0.1) is 23.8 Å². The first-order chi connectivity index (χ1) is 19.6. The molecule has 0 radical (unpaired) electrons. The fourth-order valence-electron chi connectivity index (χ4n) is 4.90. The lowest BCUT2D eigenvalue weighted by molar-refractivity contribution is -0.165. The second-order valence-electron chi connectivity index (χ2n) is 10.4. The minimum absolute atomic E-state index is 0.0925. The Labute approximate surface area is 231 Å². The van der Waals surface area contributed by atoms with Crippen molar-refractivity contribution in [2.24, 2.45) is 0 Å². The zero-order chi connectivity index (χ0) is 28.8. The lowest BCUT2D eigenvalue weighted by atomic mass is 10.0. The number of benzene rings is 1. The number of aromatic nitrogens is 5. The molecule has 1 saturated heterocycles. The Bertz CT molecular complexity index is 1570. The van der Waals surface area contributed by atoms with Gasteiger partial charge in [-0.05, 0) is 49.9 Å². The van der Waals surface area contributed by atoms with E-state index in [1.165, 1.54) is 12.1 Å². The van der Waals surface area contributed by atoms with Crippen LogP contribution in [0.5, 0.6) is 0 Å². The minimum Gasteiger partial charge on any atom is -0.358 e. The Morgan fingerprint density at radius 1 is 1.20 bits per heavy atom. The average Bonchev–Trinajstić information content (AvgIpc) is 3.24. The predicted molar refractivity (Wildman–Crippen MR) is 140 cm³/mol. The lowest BCUT2D eigenvalue weighted by Crippen LogP contribution is -2.28. The number of carbonyl (C=O) groups excluding carboxylic acids is 1. The summed E-state index contributed by atoms with van der Waals surface area (Å²) in [6.07, 6.45) is 1.08. The number of nitrogens with zero attached hydrogens (tertiary/aromatic N) is 5. The molecule has 2 fully saturated rings. The molecule has 1 aromatic carbocycles. The predicted octanol–water partition coefficient (Wildman–Crippen LogP) is 4.83. The summed E-state index contributed by atoms with van der Waals surface area (Å²) < 4.78 is 61.5. The van der Waals surface area contributed by atoms with E-state index in [9.17, 15) is 22.4 Å². The Morgan fingerprint density at radius 2 is 1.98 bits per heavy atom. The number of amides is 1. The number of anilines is 3. The second-order valence-corrected chi connectivity index (χ2v) is 10.4. The van der Waals surface area contributed by atoms with Crippen LogP contribution in [0.2, 0.25) is 0 Å². The van der Waals surface area contributed by atoms with Gasteiger partial charge in [0, 0.05) is 36.8 Å². The summed E-state index contributed by atoms with van der Waals surface area (Å²) in [6, 6.07) is 5.74. The highest BCUT2D eigenvalue weighted by Gasteiger charge is 2.66. The number of hydrogen-bond donors (Lipinski definition) is 3. The van der Waals surface area contributed by atoms with E-state index in [4.69, 9.17) is 4.52 Å². The Kier molecular flexibility index (Phi) is 6.72. The van der Waals surface area contributed by atoms with E-state index in [-0.39, 0.29) is 36.4 Å². The molecule has 0 spiro atoms. The molecule has 1 aliphatic carbocycles. The zero-order valence-electron chi connectivity index (χ0n) is 21.9. The summed E-state index contributed by atoms with van der Waals surface area (Å²) in [5, 5.41) is 17.0. The van der Waals surface area contributed by atoms with Gasteiger partial charge in [-0.15, -0.1) is 0 Å². The van der Waals surface area contributed by atoms with E-state index in [1.54, 1.807) is 18.5 Å². The maximum atomic E-state index is 14.9. The molecule has 3 N–H and O–H groups in total. The molecular formula is C27H26F4N8O2. The van der Waals surface area contributed by atoms with Crippen molar-refractivity contribution < 1.29 is 26.9 Å². The van der Waals surface area contributed by atoms with Crippen LogP contribution < -0.4 is 16.0 Å². The maximum Gasteiger partial charge on any atom is 0.401 e. The third-order valence-corrected chi connectivity index (χ3v) is 7.50. The van der Waals surface area contributed by atoms with Gasteiger partial charge in [0.1, 0.15) is 11.2 Å². The van der Waals surface area contributed by atoms with Crippen LogP contribution in [-0.4, -0.2) is 50.1 Å². The van der Waals surface area contributed by atoms with Gasteiger partial charge < -0.3 is 20.5 Å². The summed E-state index contributed by atoms with van der Waals surface area (Å²) in [6.45, 7) is 3.74. The summed E-state index contributed by atoms with van der Waals surface area (Å²) in [4.78, 5) is 21.1. The van der Waals surface area contributed by atoms with Crippen LogP contribution >= 0.6 is 0 Å². The number of halogens is 4. The van der Waals surface area contributed by atoms with Crippen molar-refractivity contribution in [1.82, 2.24) is 30.2 Å². The second kappa shape index (κ2) is 10.3. The van der Waals surface area contributed by atoms with Gasteiger partial charge >= 0.3 is 6.18 Å². The Hall–Kier alpha value is -4.33. The normalized spacial score (nSPS) is 17.9. The zero-order valence-corrected chi connectivity index (χ0v) is 21.9. The molecule has 41 heavy (non-hydrogen) atoms. The molecule has 10 nitrogen and oxygen atoms in total. The third-order valence-electron chi connectivity index (χ3n) is 7.50. The maximum absolute atomic E-state index is 14.9. The lowest BCUT2D eigenvalue weighted by Gasteiger charge is -2.14. The van der Waals surface area contributed by atoms with Crippen LogP contribution in [0.15, 0.2) is 47.4 Å². The smallest absolute Gasteiger partial charge is 0.358 e. The highest BCUT2D eigenvalue weighted by molar-refractivity contribution is 5.91. The molecule has 3 aromatic heterocycles. The summed E-state index contributed by atoms with van der Waals surface area (Å²) >= 11 is 0. The summed E-state index contributed by atoms with van der Waals surface area (Å²) in [5.74, 6) is -1.39. The highest BCUT2D eigenvalue weighted by atomic mass is 19.4. The first kappa shape index (κ1) is 26.9. The van der Waals surface area contributed by atoms with Gasteiger partial charge in [0.15, 0.2) is 11.6 Å². The van der Waals surface area contributed by atoms with E-state index in [0.29, 0.717) is 23.1 Å². The minimum atomic E-state index is -4.46. The van der Waals surface area contributed by atoms with Crippen LogP contribution in [0.3, 0.4) is 0 Å². The highest BCUT2D eigenvalue weighted by Crippen LogP contribution is 2.59. The number of aryl methyl sites for hydroxylation is 1.